The zero-order valence-corrected chi connectivity index (χ0v) is 10.2. The smallest absolute Gasteiger partial charge is 0.335 e. The molecule has 0 fully saturated rings. The van der Waals surface area contributed by atoms with E-state index in [1.807, 2.05) is 19.1 Å². The van der Waals surface area contributed by atoms with Gasteiger partial charge < -0.3 is 5.11 Å². The third-order valence-corrected chi connectivity index (χ3v) is 1.63. The van der Waals surface area contributed by atoms with Crippen LogP contribution >= 0.6 is 0 Å². The van der Waals surface area contributed by atoms with Crippen LogP contribution in [0.25, 0.3) is 0 Å². The third kappa shape index (κ3) is 2.55. The quantitative estimate of drug-likeness (QED) is 0.881. The van der Waals surface area contributed by atoms with E-state index < -0.39 is 5.97 Å². The Kier molecular flexibility index (Phi) is 5.06. The van der Waals surface area contributed by atoms with E-state index in [0.717, 1.165) is 12.0 Å². The predicted molar refractivity (Wildman–Crippen MR) is 48.5 cm³/mol. The van der Waals surface area contributed by atoms with Crippen molar-refractivity contribution in [1.29, 1.82) is 0 Å². The zero-order valence-electron chi connectivity index (χ0n) is 6.95. The molecule has 0 saturated heterocycles. The molecule has 0 aromatic heterocycles. The van der Waals surface area contributed by atoms with Crippen LogP contribution in [-0.4, -0.2) is 36.9 Å². The van der Waals surface area contributed by atoms with E-state index in [4.69, 9.17) is 5.11 Å². The Bertz CT molecular complexity index is 271. The van der Waals surface area contributed by atoms with Gasteiger partial charge in [0.15, 0.2) is 0 Å². The van der Waals surface area contributed by atoms with Crippen LogP contribution in [-0.2, 0) is 6.42 Å². The molecule has 0 aliphatic rings. The third-order valence-electron chi connectivity index (χ3n) is 1.63. The maximum Gasteiger partial charge on any atom is 0.335 e. The molecule has 12 heavy (non-hydrogen) atoms. The molecule has 3 heteroatoms. The molecule has 1 rings (SSSR count). The predicted octanol–water partition coefficient (Wildman–Crippen LogP) is 1.57. The number of benzene rings is 1. The second kappa shape index (κ2) is 5.25. The molecule has 0 heterocycles. The molecule has 3 radical (unpaired) electrons. The average molecular weight is 265 g/mol. The van der Waals surface area contributed by atoms with Gasteiger partial charge in [-0.25, -0.2) is 4.79 Å². The van der Waals surface area contributed by atoms with Gasteiger partial charge in [-0.05, 0) is 18.1 Å². The normalized spacial score (nSPS) is 8.75. The van der Waals surface area contributed by atoms with Crippen molar-refractivity contribution in [2.75, 3.05) is 0 Å². The van der Waals surface area contributed by atoms with E-state index >= 15 is 0 Å². The van der Waals surface area contributed by atoms with Crippen LogP contribution in [0.2, 0.25) is 0 Å². The molecule has 0 bridgehead atoms. The molecule has 1 N–H and O–H groups in total. The van der Waals surface area contributed by atoms with Crippen molar-refractivity contribution < 1.29 is 9.90 Å². The van der Waals surface area contributed by atoms with Gasteiger partial charge in [0.25, 0.3) is 0 Å². The largest absolute Gasteiger partial charge is 0.478 e. The molecule has 0 atom stereocenters. The molecule has 1 aromatic carbocycles. The second-order valence-electron chi connectivity index (χ2n) is 2.32. The van der Waals surface area contributed by atoms with Crippen molar-refractivity contribution in [2.45, 2.75) is 13.3 Å². The van der Waals surface area contributed by atoms with Gasteiger partial charge in [0.1, 0.15) is 0 Å². The zero-order chi connectivity index (χ0) is 8.27. The summed E-state index contributed by atoms with van der Waals surface area (Å²) < 4.78 is 0. The van der Waals surface area contributed by atoms with Crippen molar-refractivity contribution in [1.82, 2.24) is 0 Å². The summed E-state index contributed by atoms with van der Waals surface area (Å²) in [5, 5.41) is 8.70. The first-order chi connectivity index (χ1) is 5.25. The molecule has 0 spiro atoms. The van der Waals surface area contributed by atoms with Gasteiger partial charge in [-0.1, -0.05) is 25.1 Å². The minimum atomic E-state index is -0.845. The van der Waals surface area contributed by atoms with Gasteiger partial charge in [-0.2, -0.15) is 0 Å². The van der Waals surface area contributed by atoms with Crippen LogP contribution in [0.5, 0.6) is 0 Å². The fourth-order valence-electron chi connectivity index (χ4n) is 1.04. The SMILES string of the molecule is CCc1ccccc1C(=O)O.[In]. The fraction of sp³-hybridized carbons (Fsp3) is 0.222. The van der Waals surface area contributed by atoms with Crippen molar-refractivity contribution in [3.05, 3.63) is 35.4 Å². The van der Waals surface area contributed by atoms with E-state index in [1.54, 1.807) is 12.1 Å². The number of hydrogen-bond donors (Lipinski definition) is 1. The molecule has 0 aliphatic carbocycles. The second-order valence-corrected chi connectivity index (χ2v) is 2.32. The minimum absolute atomic E-state index is 0. The van der Waals surface area contributed by atoms with Crippen LogP contribution in [0.4, 0.5) is 0 Å². The monoisotopic (exact) mass is 265 g/mol. The summed E-state index contributed by atoms with van der Waals surface area (Å²) in [5.41, 5.74) is 1.30. The van der Waals surface area contributed by atoms with Crippen LogP contribution in [0.1, 0.15) is 22.8 Å². The molecule has 0 amide bonds. The van der Waals surface area contributed by atoms with E-state index in [-0.39, 0.29) is 25.8 Å². The molecule has 0 saturated carbocycles. The van der Waals surface area contributed by atoms with Crippen molar-refractivity contribution in [3.8, 4) is 0 Å². The van der Waals surface area contributed by atoms with Crippen LogP contribution in [0, 0.1) is 0 Å². The number of carboxylic acid groups (broad SMARTS) is 1. The van der Waals surface area contributed by atoms with Crippen LogP contribution in [0.3, 0.4) is 0 Å². The summed E-state index contributed by atoms with van der Waals surface area (Å²) in [6.07, 6.45) is 0.766. The Morgan fingerprint density at radius 3 is 2.42 bits per heavy atom. The van der Waals surface area contributed by atoms with E-state index in [1.165, 1.54) is 0 Å². The fourth-order valence-corrected chi connectivity index (χ4v) is 1.04. The van der Waals surface area contributed by atoms with Gasteiger partial charge in [0.05, 0.1) is 5.56 Å². The Labute approximate surface area is 90.4 Å². The van der Waals surface area contributed by atoms with Gasteiger partial charge in [0.2, 0.25) is 0 Å². The first kappa shape index (κ1) is 11.6. The van der Waals surface area contributed by atoms with Crippen molar-refractivity contribution >= 4 is 31.8 Å². The first-order valence-electron chi connectivity index (χ1n) is 3.57. The summed E-state index contributed by atoms with van der Waals surface area (Å²) in [6.45, 7) is 1.95. The van der Waals surface area contributed by atoms with Gasteiger partial charge in [-0.15, -0.1) is 0 Å². The Balaban J connectivity index is 0.00000121. The molecule has 61 valence electrons. The summed E-state index contributed by atoms with van der Waals surface area (Å²) in [5.74, 6) is -0.845. The maximum atomic E-state index is 10.6. The van der Waals surface area contributed by atoms with E-state index in [2.05, 4.69) is 0 Å². The molecular weight excluding hydrogens is 255 g/mol. The van der Waals surface area contributed by atoms with E-state index in [9.17, 15) is 4.79 Å². The van der Waals surface area contributed by atoms with Gasteiger partial charge in [0, 0.05) is 25.8 Å². The molecule has 1 aromatic rings. The Morgan fingerprint density at radius 2 is 2.00 bits per heavy atom. The van der Waals surface area contributed by atoms with Gasteiger partial charge in [-0.3, -0.25) is 0 Å². The average Bonchev–Trinajstić information content (AvgIpc) is 2.04. The topological polar surface area (TPSA) is 37.3 Å². The summed E-state index contributed by atoms with van der Waals surface area (Å²) >= 11 is 0. The minimum Gasteiger partial charge on any atom is -0.478 e. The van der Waals surface area contributed by atoms with Crippen LogP contribution in [0.15, 0.2) is 24.3 Å². The van der Waals surface area contributed by atoms with Crippen molar-refractivity contribution in [3.63, 3.8) is 0 Å². The molecule has 0 aliphatic heterocycles. The number of aryl methyl sites for hydroxylation is 1. The number of hydrogen-bond acceptors (Lipinski definition) is 1. The van der Waals surface area contributed by atoms with Gasteiger partial charge >= 0.3 is 5.97 Å². The molecular formula is C9H10InO2. The Morgan fingerprint density at radius 1 is 1.42 bits per heavy atom. The Hall–Kier alpha value is -0.440. The summed E-state index contributed by atoms with van der Waals surface area (Å²) in [6, 6.07) is 7.05. The van der Waals surface area contributed by atoms with E-state index in [0.29, 0.717) is 5.56 Å². The first-order valence-corrected chi connectivity index (χ1v) is 3.57. The molecule has 2 nitrogen and oxygen atoms in total. The standard InChI is InChI=1S/C9H10O2.In/c1-2-7-5-3-4-6-8(7)9(10)11;/h3-6H,2H2,1H3,(H,10,11);. The number of rotatable bonds is 2. The maximum absolute atomic E-state index is 10.6. The van der Waals surface area contributed by atoms with Crippen molar-refractivity contribution in [2.24, 2.45) is 0 Å². The summed E-state index contributed by atoms with van der Waals surface area (Å²) in [4.78, 5) is 10.6. The summed E-state index contributed by atoms with van der Waals surface area (Å²) in [7, 11) is 0. The number of aromatic carboxylic acids is 1. The number of carboxylic acids is 1. The molecule has 0 unspecified atom stereocenters. The number of carbonyl (C=O) groups is 1. The van der Waals surface area contributed by atoms with Crippen LogP contribution < -0.4 is 0 Å².